The van der Waals surface area contributed by atoms with E-state index in [0.29, 0.717) is 0 Å². The van der Waals surface area contributed by atoms with Gasteiger partial charge in [-0.05, 0) is 28.2 Å². The first kappa shape index (κ1) is 16.5. The Morgan fingerprint density at radius 1 is 1.00 bits per heavy atom. The van der Waals surface area contributed by atoms with Crippen LogP contribution in [-0.2, 0) is 5.41 Å². The van der Waals surface area contributed by atoms with Gasteiger partial charge in [0.2, 0.25) is 0 Å². The maximum atomic E-state index is 10.4. The zero-order chi connectivity index (χ0) is 16.3. The number of benzene rings is 2. The average molecular weight is 300 g/mol. The summed E-state index contributed by atoms with van der Waals surface area (Å²) in [4.78, 5) is 0. The fraction of sp³-hybridized carbons (Fsp3) is 0.368. The van der Waals surface area contributed by atoms with Crippen LogP contribution >= 0.6 is 0 Å². The number of aliphatic hydroxyl groups is 2. The Morgan fingerprint density at radius 3 is 2.18 bits per heavy atom. The van der Waals surface area contributed by atoms with Gasteiger partial charge in [0.05, 0.1) is 6.10 Å². The number of rotatable bonds is 4. The van der Waals surface area contributed by atoms with Crippen LogP contribution < -0.4 is 0 Å². The van der Waals surface area contributed by atoms with Crippen LogP contribution in [0.1, 0.15) is 44.4 Å². The van der Waals surface area contributed by atoms with Gasteiger partial charge in [-0.1, -0.05) is 57.2 Å². The smallest absolute Gasteiger partial charge is 0.123 e. The van der Waals surface area contributed by atoms with E-state index in [2.05, 4.69) is 20.8 Å². The van der Waals surface area contributed by atoms with Gasteiger partial charge < -0.3 is 15.3 Å². The van der Waals surface area contributed by atoms with E-state index in [0.717, 1.165) is 22.3 Å². The minimum absolute atomic E-state index is 0.0771. The van der Waals surface area contributed by atoms with Crippen molar-refractivity contribution in [2.45, 2.75) is 38.7 Å². The maximum absolute atomic E-state index is 10.4. The molecule has 22 heavy (non-hydrogen) atoms. The van der Waals surface area contributed by atoms with Gasteiger partial charge in [-0.15, -0.1) is 0 Å². The predicted molar refractivity (Wildman–Crippen MR) is 88.9 cm³/mol. The summed E-state index contributed by atoms with van der Waals surface area (Å²) in [6.07, 6.45) is -0.468. The van der Waals surface area contributed by atoms with Gasteiger partial charge in [0.25, 0.3) is 0 Å². The van der Waals surface area contributed by atoms with E-state index in [1.165, 1.54) is 0 Å². The molecule has 2 aromatic carbocycles. The topological polar surface area (TPSA) is 60.7 Å². The number of phenolic OH excluding ortho intramolecular Hbond substituents is 1. The summed E-state index contributed by atoms with van der Waals surface area (Å²) in [5, 5.41) is 29.9. The Bertz CT molecular complexity index is 627. The van der Waals surface area contributed by atoms with Crippen molar-refractivity contribution in [1.82, 2.24) is 0 Å². The first-order chi connectivity index (χ1) is 10.4. The molecule has 0 radical (unpaired) electrons. The molecular formula is C19H24O3. The maximum Gasteiger partial charge on any atom is 0.123 e. The van der Waals surface area contributed by atoms with Crippen molar-refractivity contribution < 1.29 is 15.3 Å². The standard InChI is InChI=1S/C19H24O3/c1-19(2,3)18-14(15(21)11-12-20)9-10-16(22)17(18)13-7-5-4-6-8-13/h4-10,15,20-22H,11-12H2,1-3H3. The lowest BCUT2D eigenvalue weighted by Crippen LogP contribution is -2.18. The van der Waals surface area contributed by atoms with Crippen molar-refractivity contribution in [2.24, 2.45) is 0 Å². The predicted octanol–water partition coefficient (Wildman–Crippen LogP) is 3.77. The van der Waals surface area contributed by atoms with Gasteiger partial charge in [0.1, 0.15) is 5.75 Å². The Balaban J connectivity index is 2.74. The Kier molecular flexibility index (Phi) is 4.89. The van der Waals surface area contributed by atoms with Gasteiger partial charge in [0, 0.05) is 18.6 Å². The fourth-order valence-electron chi connectivity index (χ4n) is 2.87. The molecule has 0 saturated heterocycles. The summed E-state index contributed by atoms with van der Waals surface area (Å²) in [7, 11) is 0. The van der Waals surface area contributed by atoms with Crippen LogP contribution in [0.25, 0.3) is 11.1 Å². The van der Waals surface area contributed by atoms with Gasteiger partial charge in [-0.2, -0.15) is 0 Å². The number of phenols is 1. The third-order valence-corrected chi connectivity index (χ3v) is 3.79. The highest BCUT2D eigenvalue weighted by Gasteiger charge is 2.27. The molecule has 3 N–H and O–H groups in total. The first-order valence-corrected chi connectivity index (χ1v) is 7.57. The minimum atomic E-state index is -0.748. The van der Waals surface area contributed by atoms with Gasteiger partial charge in [-0.3, -0.25) is 0 Å². The highest BCUT2D eigenvalue weighted by atomic mass is 16.3. The van der Waals surface area contributed by atoms with Crippen molar-refractivity contribution in [3.05, 3.63) is 53.6 Å². The van der Waals surface area contributed by atoms with E-state index in [1.54, 1.807) is 12.1 Å². The largest absolute Gasteiger partial charge is 0.507 e. The zero-order valence-corrected chi connectivity index (χ0v) is 13.4. The van der Waals surface area contributed by atoms with Crippen LogP contribution in [0.2, 0.25) is 0 Å². The van der Waals surface area contributed by atoms with E-state index < -0.39 is 6.10 Å². The molecule has 0 saturated carbocycles. The minimum Gasteiger partial charge on any atom is -0.507 e. The molecule has 3 heteroatoms. The van der Waals surface area contributed by atoms with Gasteiger partial charge in [0.15, 0.2) is 0 Å². The van der Waals surface area contributed by atoms with Gasteiger partial charge >= 0.3 is 0 Å². The van der Waals surface area contributed by atoms with E-state index in [4.69, 9.17) is 5.11 Å². The van der Waals surface area contributed by atoms with Crippen molar-refractivity contribution in [2.75, 3.05) is 6.61 Å². The molecule has 0 fully saturated rings. The summed E-state index contributed by atoms with van der Waals surface area (Å²) >= 11 is 0. The second kappa shape index (κ2) is 6.51. The monoisotopic (exact) mass is 300 g/mol. The number of aromatic hydroxyl groups is 1. The number of hydrogen-bond donors (Lipinski definition) is 3. The zero-order valence-electron chi connectivity index (χ0n) is 13.4. The van der Waals surface area contributed by atoms with Crippen LogP contribution in [0.4, 0.5) is 0 Å². The van der Waals surface area contributed by atoms with Crippen LogP contribution in [-0.4, -0.2) is 21.9 Å². The van der Waals surface area contributed by atoms with E-state index in [9.17, 15) is 10.2 Å². The van der Waals surface area contributed by atoms with Crippen LogP contribution in [0.5, 0.6) is 5.75 Å². The normalized spacial score (nSPS) is 13.1. The van der Waals surface area contributed by atoms with Crippen molar-refractivity contribution in [1.29, 1.82) is 0 Å². The Morgan fingerprint density at radius 2 is 1.64 bits per heavy atom. The quantitative estimate of drug-likeness (QED) is 0.805. The molecule has 3 nitrogen and oxygen atoms in total. The molecule has 1 unspecified atom stereocenters. The summed E-state index contributed by atoms with van der Waals surface area (Å²) < 4.78 is 0. The summed E-state index contributed by atoms with van der Waals surface area (Å²) in [5.74, 6) is 0.205. The molecule has 0 heterocycles. The van der Waals surface area contributed by atoms with Crippen molar-refractivity contribution >= 4 is 0 Å². The molecule has 0 aliphatic carbocycles. The molecule has 0 aliphatic rings. The lowest BCUT2D eigenvalue weighted by atomic mass is 9.77. The van der Waals surface area contributed by atoms with Crippen LogP contribution in [0.15, 0.2) is 42.5 Å². The highest BCUT2D eigenvalue weighted by molar-refractivity contribution is 5.76. The molecule has 0 aromatic heterocycles. The molecule has 118 valence electrons. The Labute approximate surface area is 131 Å². The van der Waals surface area contributed by atoms with Crippen molar-refractivity contribution in [3.8, 4) is 16.9 Å². The fourth-order valence-corrected chi connectivity index (χ4v) is 2.87. The summed E-state index contributed by atoms with van der Waals surface area (Å²) in [6.45, 7) is 6.10. The van der Waals surface area contributed by atoms with E-state index in [-0.39, 0.29) is 24.2 Å². The lowest BCUT2D eigenvalue weighted by molar-refractivity contribution is 0.132. The second-order valence-corrected chi connectivity index (χ2v) is 6.57. The molecule has 2 aromatic rings. The molecule has 0 spiro atoms. The number of aliphatic hydroxyl groups excluding tert-OH is 2. The molecule has 1 atom stereocenters. The van der Waals surface area contributed by atoms with E-state index >= 15 is 0 Å². The molecular weight excluding hydrogens is 276 g/mol. The van der Waals surface area contributed by atoms with E-state index in [1.807, 2.05) is 30.3 Å². The lowest BCUT2D eigenvalue weighted by Gasteiger charge is -2.29. The van der Waals surface area contributed by atoms with Crippen LogP contribution in [0.3, 0.4) is 0 Å². The average Bonchev–Trinajstić information content (AvgIpc) is 2.47. The third kappa shape index (κ3) is 3.32. The molecule has 2 rings (SSSR count). The summed E-state index contributed by atoms with van der Waals surface area (Å²) in [6, 6.07) is 13.1. The highest BCUT2D eigenvalue weighted by Crippen LogP contribution is 2.43. The SMILES string of the molecule is CC(C)(C)c1c(C(O)CCO)ccc(O)c1-c1ccccc1. The number of hydrogen-bond acceptors (Lipinski definition) is 3. The molecule has 0 aliphatic heterocycles. The first-order valence-electron chi connectivity index (χ1n) is 7.57. The van der Waals surface area contributed by atoms with Gasteiger partial charge in [-0.25, -0.2) is 0 Å². The Hall–Kier alpha value is -1.84. The third-order valence-electron chi connectivity index (χ3n) is 3.79. The van der Waals surface area contributed by atoms with Crippen molar-refractivity contribution in [3.63, 3.8) is 0 Å². The molecule has 0 amide bonds. The summed E-state index contributed by atoms with van der Waals surface area (Å²) in [5.41, 5.74) is 3.10. The molecule has 0 bridgehead atoms. The van der Waals surface area contributed by atoms with Crippen LogP contribution in [0, 0.1) is 0 Å². The second-order valence-electron chi connectivity index (χ2n) is 6.57.